The molecule has 2 atom stereocenters. The van der Waals surface area contributed by atoms with E-state index in [0.29, 0.717) is 11.5 Å². The van der Waals surface area contributed by atoms with Crippen LogP contribution >= 0.6 is 0 Å². The van der Waals surface area contributed by atoms with Crippen LogP contribution in [0.15, 0.2) is 48.0 Å². The van der Waals surface area contributed by atoms with E-state index in [-0.39, 0.29) is 24.1 Å². The number of aliphatic carboxylic acids is 1. The molecule has 2 unspecified atom stereocenters. The Morgan fingerprint density at radius 2 is 1.67 bits per heavy atom. The molecule has 3 aliphatic rings. The second-order valence-corrected chi connectivity index (χ2v) is 8.68. The molecule has 2 heterocycles. The smallest absolute Gasteiger partial charge is 0.335 e. The molecular weight excluding hydrogens is 378 g/mol. The van der Waals surface area contributed by atoms with Crippen LogP contribution in [0, 0.1) is 5.92 Å². The molecule has 0 bridgehead atoms. The molecule has 5 nitrogen and oxygen atoms in total. The second-order valence-electron chi connectivity index (χ2n) is 8.68. The van der Waals surface area contributed by atoms with E-state index in [1.54, 1.807) is 18.2 Å². The summed E-state index contributed by atoms with van der Waals surface area (Å²) in [5.41, 5.74) is 4.71. The number of carboxylic acid groups (broad SMARTS) is 2. The van der Waals surface area contributed by atoms with Crippen LogP contribution in [0.25, 0.3) is 6.08 Å². The van der Waals surface area contributed by atoms with Gasteiger partial charge in [0.25, 0.3) is 0 Å². The van der Waals surface area contributed by atoms with Gasteiger partial charge in [-0.05, 0) is 53.7 Å². The number of aromatic carboxylic acids is 1. The van der Waals surface area contributed by atoms with Gasteiger partial charge in [-0.25, -0.2) is 9.59 Å². The van der Waals surface area contributed by atoms with Gasteiger partial charge < -0.3 is 15.1 Å². The Balaban J connectivity index is 1.71. The van der Waals surface area contributed by atoms with Gasteiger partial charge in [0.15, 0.2) is 0 Å². The minimum absolute atomic E-state index is 0.0245. The fourth-order valence-corrected chi connectivity index (χ4v) is 5.73. The van der Waals surface area contributed by atoms with E-state index >= 15 is 0 Å². The average molecular weight is 403 g/mol. The minimum atomic E-state index is -0.959. The van der Waals surface area contributed by atoms with Gasteiger partial charge in [-0.3, -0.25) is 0 Å². The minimum Gasteiger partial charge on any atom is -0.478 e. The van der Waals surface area contributed by atoms with Crippen molar-refractivity contribution in [1.29, 1.82) is 0 Å². The Morgan fingerprint density at radius 1 is 0.900 bits per heavy atom. The molecule has 1 saturated carbocycles. The Hall–Kier alpha value is -3.08. The standard InChI is InChI=1S/C25H25NO4/c27-24(28)17-10-11-20-21(13-17)26-14-18(25(29)30)12-16-8-4-5-9-19(16)23(26)22(20)15-6-2-1-3-7-15/h4-5,8-13,15,22-23H,1-3,6-7,14H2,(H,27,28)(H,29,30). The molecule has 30 heavy (non-hydrogen) atoms. The maximum absolute atomic E-state index is 12.0. The first-order valence-corrected chi connectivity index (χ1v) is 10.7. The molecule has 2 aromatic carbocycles. The highest BCUT2D eigenvalue weighted by Crippen LogP contribution is 2.56. The van der Waals surface area contributed by atoms with E-state index in [1.165, 1.54) is 24.8 Å². The summed E-state index contributed by atoms with van der Waals surface area (Å²) >= 11 is 0. The van der Waals surface area contributed by atoms with Gasteiger partial charge in [0.1, 0.15) is 0 Å². The number of rotatable bonds is 3. The summed E-state index contributed by atoms with van der Waals surface area (Å²) < 4.78 is 0. The normalized spacial score (nSPS) is 23.1. The summed E-state index contributed by atoms with van der Waals surface area (Å²) in [6.07, 6.45) is 7.82. The number of carboxylic acids is 2. The molecule has 5 heteroatoms. The number of hydrogen-bond donors (Lipinski definition) is 2. The molecule has 0 radical (unpaired) electrons. The van der Waals surface area contributed by atoms with Crippen molar-refractivity contribution in [2.24, 2.45) is 5.92 Å². The van der Waals surface area contributed by atoms with E-state index < -0.39 is 11.9 Å². The zero-order chi connectivity index (χ0) is 20.8. The largest absolute Gasteiger partial charge is 0.478 e. The van der Waals surface area contributed by atoms with Crippen molar-refractivity contribution >= 4 is 23.7 Å². The fourth-order valence-electron chi connectivity index (χ4n) is 5.73. The van der Waals surface area contributed by atoms with Crippen LogP contribution in [-0.4, -0.2) is 28.7 Å². The molecule has 0 saturated heterocycles. The number of hydrogen-bond acceptors (Lipinski definition) is 3. The number of carbonyl (C=O) groups is 2. The highest BCUT2D eigenvalue weighted by molar-refractivity contribution is 5.95. The van der Waals surface area contributed by atoms with Crippen LogP contribution in [-0.2, 0) is 4.79 Å². The third-order valence-corrected chi connectivity index (χ3v) is 7.04. The lowest BCUT2D eigenvalue weighted by molar-refractivity contribution is -0.132. The van der Waals surface area contributed by atoms with Crippen LogP contribution in [0.1, 0.15) is 71.1 Å². The highest BCUT2D eigenvalue weighted by atomic mass is 16.4. The topological polar surface area (TPSA) is 77.8 Å². The lowest BCUT2D eigenvalue weighted by atomic mass is 9.73. The van der Waals surface area contributed by atoms with Crippen molar-refractivity contribution in [1.82, 2.24) is 0 Å². The first-order chi connectivity index (χ1) is 14.5. The van der Waals surface area contributed by atoms with E-state index in [2.05, 4.69) is 11.0 Å². The lowest BCUT2D eigenvalue weighted by Gasteiger charge is -2.36. The van der Waals surface area contributed by atoms with Gasteiger partial charge in [-0.15, -0.1) is 0 Å². The number of fused-ring (bicyclic) bond motifs is 5. The predicted molar refractivity (Wildman–Crippen MR) is 115 cm³/mol. The highest BCUT2D eigenvalue weighted by Gasteiger charge is 2.45. The second kappa shape index (κ2) is 7.31. The van der Waals surface area contributed by atoms with E-state index in [9.17, 15) is 19.8 Å². The number of anilines is 1. The van der Waals surface area contributed by atoms with Gasteiger partial charge in [0.05, 0.1) is 23.7 Å². The van der Waals surface area contributed by atoms with E-state index in [1.807, 2.05) is 24.3 Å². The van der Waals surface area contributed by atoms with Crippen molar-refractivity contribution in [2.75, 3.05) is 11.4 Å². The van der Waals surface area contributed by atoms with Crippen LogP contribution < -0.4 is 4.90 Å². The molecule has 2 aromatic rings. The van der Waals surface area contributed by atoms with Crippen molar-refractivity contribution < 1.29 is 19.8 Å². The predicted octanol–water partition coefficient (Wildman–Crippen LogP) is 5.09. The molecule has 2 aliphatic heterocycles. The Kier molecular flexibility index (Phi) is 4.61. The van der Waals surface area contributed by atoms with Gasteiger partial charge in [-0.2, -0.15) is 0 Å². The van der Waals surface area contributed by atoms with Gasteiger partial charge in [0, 0.05) is 11.6 Å². The van der Waals surface area contributed by atoms with Crippen LogP contribution in [0.2, 0.25) is 0 Å². The molecular formula is C25H25NO4. The summed E-state index contributed by atoms with van der Waals surface area (Å²) in [4.78, 5) is 25.8. The zero-order valence-corrected chi connectivity index (χ0v) is 16.8. The summed E-state index contributed by atoms with van der Waals surface area (Å²) in [6.45, 7) is 0.272. The molecule has 1 fully saturated rings. The van der Waals surface area contributed by atoms with Crippen LogP contribution in [0.5, 0.6) is 0 Å². The third-order valence-electron chi connectivity index (χ3n) is 7.04. The van der Waals surface area contributed by atoms with Gasteiger partial charge in [-0.1, -0.05) is 49.6 Å². The van der Waals surface area contributed by atoms with E-state index in [0.717, 1.165) is 29.7 Å². The maximum Gasteiger partial charge on any atom is 0.335 e. The first kappa shape index (κ1) is 18.9. The van der Waals surface area contributed by atoms with Crippen molar-refractivity contribution in [3.8, 4) is 0 Å². The number of benzene rings is 2. The average Bonchev–Trinajstić information content (AvgIpc) is 2.96. The Bertz CT molecular complexity index is 1050. The summed E-state index contributed by atoms with van der Waals surface area (Å²) in [5.74, 6) is -1.13. The first-order valence-electron chi connectivity index (χ1n) is 10.7. The number of nitrogens with zero attached hydrogens (tertiary/aromatic N) is 1. The summed E-state index contributed by atoms with van der Waals surface area (Å²) in [6, 6.07) is 13.5. The Morgan fingerprint density at radius 3 is 2.40 bits per heavy atom. The lowest BCUT2D eigenvalue weighted by Crippen LogP contribution is -2.32. The fraction of sp³-hybridized carbons (Fsp3) is 0.360. The van der Waals surface area contributed by atoms with Crippen molar-refractivity contribution in [3.63, 3.8) is 0 Å². The summed E-state index contributed by atoms with van der Waals surface area (Å²) in [5, 5.41) is 19.4. The molecule has 0 spiro atoms. The zero-order valence-electron chi connectivity index (χ0n) is 16.8. The maximum atomic E-state index is 12.0. The van der Waals surface area contributed by atoms with Crippen LogP contribution in [0.4, 0.5) is 5.69 Å². The Labute approximate surface area is 175 Å². The quantitative estimate of drug-likeness (QED) is 0.746. The SMILES string of the molecule is O=C(O)C1=Cc2ccccc2C2C(C3CCCCC3)c3ccc(C(=O)O)cc3N2C1. The third kappa shape index (κ3) is 3.00. The molecule has 0 aromatic heterocycles. The van der Waals surface area contributed by atoms with Crippen molar-refractivity contribution in [3.05, 3.63) is 70.3 Å². The van der Waals surface area contributed by atoms with Gasteiger partial charge in [0.2, 0.25) is 0 Å². The molecule has 5 rings (SSSR count). The van der Waals surface area contributed by atoms with E-state index in [4.69, 9.17) is 0 Å². The molecule has 0 amide bonds. The van der Waals surface area contributed by atoms with Crippen LogP contribution in [0.3, 0.4) is 0 Å². The monoisotopic (exact) mass is 403 g/mol. The molecule has 1 aliphatic carbocycles. The molecule has 154 valence electrons. The molecule has 2 N–H and O–H groups in total. The van der Waals surface area contributed by atoms with Gasteiger partial charge >= 0.3 is 11.9 Å². The van der Waals surface area contributed by atoms with Crippen molar-refractivity contribution in [2.45, 2.75) is 44.1 Å². The summed E-state index contributed by atoms with van der Waals surface area (Å²) in [7, 11) is 0.